The van der Waals surface area contributed by atoms with Crippen LogP contribution >= 0.6 is 11.3 Å². The predicted octanol–water partition coefficient (Wildman–Crippen LogP) is 5.79. The largest absolute Gasteiger partial charge is 0.144 e. The maximum atomic E-state index is 2.42. The Labute approximate surface area is 115 Å². The summed E-state index contributed by atoms with van der Waals surface area (Å²) in [7, 11) is 0. The van der Waals surface area contributed by atoms with Gasteiger partial charge in [-0.05, 0) is 45.2 Å². The molecule has 0 atom stereocenters. The van der Waals surface area contributed by atoms with Crippen molar-refractivity contribution >= 4 is 21.4 Å². The Bertz CT molecular complexity index is 547. The molecule has 0 fully saturated rings. The van der Waals surface area contributed by atoms with E-state index in [0.717, 1.165) is 6.42 Å². The Hall–Kier alpha value is -0.820. The second-order valence-electron chi connectivity index (χ2n) is 7.47. The Morgan fingerprint density at radius 1 is 1.00 bits per heavy atom. The Morgan fingerprint density at radius 3 is 2.22 bits per heavy atom. The van der Waals surface area contributed by atoms with Crippen molar-refractivity contribution in [3.63, 3.8) is 0 Å². The highest BCUT2D eigenvalue weighted by molar-refractivity contribution is 7.17. The number of thiophene rings is 1. The van der Waals surface area contributed by atoms with Gasteiger partial charge in [-0.3, -0.25) is 0 Å². The molecule has 0 radical (unpaired) electrons. The van der Waals surface area contributed by atoms with E-state index in [4.69, 9.17) is 0 Å². The lowest BCUT2D eigenvalue weighted by Gasteiger charge is -2.24. The molecule has 1 aromatic carbocycles. The molecule has 0 N–H and O–H groups in total. The highest BCUT2D eigenvalue weighted by Gasteiger charge is 2.20. The summed E-state index contributed by atoms with van der Waals surface area (Å²) < 4.78 is 1.46. The average Bonchev–Trinajstić information content (AvgIpc) is 2.59. The molecule has 0 aliphatic rings. The van der Waals surface area contributed by atoms with Gasteiger partial charge in [0, 0.05) is 4.70 Å². The summed E-state index contributed by atoms with van der Waals surface area (Å²) in [5.41, 5.74) is 3.53. The van der Waals surface area contributed by atoms with Crippen LogP contribution in [0.3, 0.4) is 0 Å². The van der Waals surface area contributed by atoms with E-state index in [1.54, 1.807) is 0 Å². The first-order chi connectivity index (χ1) is 8.17. The van der Waals surface area contributed by atoms with Crippen LogP contribution in [0, 0.1) is 5.41 Å². The molecule has 0 saturated carbocycles. The lowest BCUT2D eigenvalue weighted by atomic mass is 9.82. The van der Waals surface area contributed by atoms with Gasteiger partial charge >= 0.3 is 0 Å². The van der Waals surface area contributed by atoms with Crippen LogP contribution in [0.2, 0.25) is 0 Å². The summed E-state index contributed by atoms with van der Waals surface area (Å²) in [6.07, 6.45) is 1.14. The van der Waals surface area contributed by atoms with Crippen molar-refractivity contribution in [2.75, 3.05) is 0 Å². The van der Waals surface area contributed by atoms with Gasteiger partial charge < -0.3 is 0 Å². The fourth-order valence-corrected chi connectivity index (χ4v) is 3.52. The zero-order valence-electron chi connectivity index (χ0n) is 12.4. The lowest BCUT2D eigenvalue weighted by molar-refractivity contribution is 0.411. The number of hydrogen-bond donors (Lipinski definition) is 0. The monoisotopic (exact) mass is 260 g/mol. The molecule has 0 spiro atoms. The van der Waals surface area contributed by atoms with Crippen molar-refractivity contribution in [1.82, 2.24) is 0 Å². The molecule has 0 aliphatic heterocycles. The van der Waals surface area contributed by atoms with Crippen LogP contribution in [0.15, 0.2) is 23.6 Å². The van der Waals surface area contributed by atoms with E-state index in [9.17, 15) is 0 Å². The summed E-state index contributed by atoms with van der Waals surface area (Å²) >= 11 is 1.87. The molecule has 1 heteroatoms. The quantitative estimate of drug-likeness (QED) is 0.609. The van der Waals surface area contributed by atoms with E-state index in [2.05, 4.69) is 65.1 Å². The summed E-state index contributed by atoms with van der Waals surface area (Å²) in [4.78, 5) is 0. The number of rotatable bonds is 1. The van der Waals surface area contributed by atoms with Gasteiger partial charge in [0.05, 0.1) is 0 Å². The zero-order chi connectivity index (χ0) is 13.6. The van der Waals surface area contributed by atoms with Gasteiger partial charge in [-0.25, -0.2) is 0 Å². The standard InChI is InChI=1S/C17H24S/c1-16(2,3)11-12-9-13-7-8-18-15(13)14(10-12)17(4,5)6/h7-10H,11H2,1-6H3. The van der Waals surface area contributed by atoms with Crippen molar-refractivity contribution in [2.45, 2.75) is 53.4 Å². The Morgan fingerprint density at radius 2 is 1.67 bits per heavy atom. The van der Waals surface area contributed by atoms with Gasteiger partial charge in [-0.1, -0.05) is 53.7 Å². The maximum absolute atomic E-state index is 2.42. The molecular weight excluding hydrogens is 236 g/mol. The Balaban J connectivity index is 2.58. The van der Waals surface area contributed by atoms with E-state index in [1.165, 1.54) is 21.2 Å². The van der Waals surface area contributed by atoms with E-state index in [1.807, 2.05) is 11.3 Å². The highest BCUT2D eigenvalue weighted by atomic mass is 32.1. The van der Waals surface area contributed by atoms with Crippen LogP contribution in [0.5, 0.6) is 0 Å². The summed E-state index contributed by atoms with van der Waals surface area (Å²) in [6, 6.07) is 7.04. The highest BCUT2D eigenvalue weighted by Crippen LogP contribution is 2.36. The van der Waals surface area contributed by atoms with Gasteiger partial charge in [-0.15, -0.1) is 11.3 Å². The SMILES string of the molecule is CC(C)(C)Cc1cc(C(C)(C)C)c2sccc2c1. The van der Waals surface area contributed by atoms with Crippen LogP contribution in [-0.2, 0) is 11.8 Å². The van der Waals surface area contributed by atoms with Crippen LogP contribution < -0.4 is 0 Å². The molecular formula is C17H24S. The zero-order valence-corrected chi connectivity index (χ0v) is 13.2. The first-order valence-corrected chi connectivity index (χ1v) is 7.55. The first-order valence-electron chi connectivity index (χ1n) is 6.67. The third kappa shape index (κ3) is 2.95. The second-order valence-corrected chi connectivity index (χ2v) is 8.39. The molecule has 2 rings (SSSR count). The fourth-order valence-electron chi connectivity index (χ4n) is 2.42. The number of hydrogen-bond acceptors (Lipinski definition) is 1. The van der Waals surface area contributed by atoms with Gasteiger partial charge in [0.25, 0.3) is 0 Å². The van der Waals surface area contributed by atoms with Crippen LogP contribution in [-0.4, -0.2) is 0 Å². The molecule has 0 unspecified atom stereocenters. The number of benzene rings is 1. The molecule has 2 aromatic rings. The van der Waals surface area contributed by atoms with Crippen molar-refractivity contribution < 1.29 is 0 Å². The molecule has 98 valence electrons. The molecule has 0 aliphatic carbocycles. The van der Waals surface area contributed by atoms with Crippen molar-refractivity contribution in [3.8, 4) is 0 Å². The van der Waals surface area contributed by atoms with E-state index in [0.29, 0.717) is 5.41 Å². The minimum atomic E-state index is 0.219. The van der Waals surface area contributed by atoms with Gasteiger partial charge in [0.1, 0.15) is 0 Å². The van der Waals surface area contributed by atoms with E-state index in [-0.39, 0.29) is 5.41 Å². The fraction of sp³-hybridized carbons (Fsp3) is 0.529. The molecule has 0 amide bonds. The van der Waals surface area contributed by atoms with E-state index < -0.39 is 0 Å². The molecule has 0 nitrogen and oxygen atoms in total. The molecule has 0 saturated heterocycles. The summed E-state index contributed by atoms with van der Waals surface area (Å²) in [6.45, 7) is 13.8. The minimum absolute atomic E-state index is 0.219. The molecule has 18 heavy (non-hydrogen) atoms. The average molecular weight is 260 g/mol. The van der Waals surface area contributed by atoms with Crippen molar-refractivity contribution in [3.05, 3.63) is 34.7 Å². The smallest absolute Gasteiger partial charge is 0.0380 e. The van der Waals surface area contributed by atoms with Crippen molar-refractivity contribution in [2.24, 2.45) is 5.41 Å². The molecule has 0 bridgehead atoms. The predicted molar refractivity (Wildman–Crippen MR) is 83.7 cm³/mol. The van der Waals surface area contributed by atoms with Gasteiger partial charge in [0.15, 0.2) is 0 Å². The van der Waals surface area contributed by atoms with Crippen LogP contribution in [0.1, 0.15) is 52.7 Å². The second kappa shape index (κ2) is 4.38. The topological polar surface area (TPSA) is 0 Å². The maximum Gasteiger partial charge on any atom is 0.0380 e. The lowest BCUT2D eigenvalue weighted by Crippen LogP contribution is -2.14. The third-order valence-corrected chi connectivity index (χ3v) is 4.12. The summed E-state index contributed by atoms with van der Waals surface area (Å²) in [5, 5.41) is 3.62. The Kier molecular flexibility index (Phi) is 3.31. The molecule has 1 aromatic heterocycles. The molecule has 1 heterocycles. The normalized spacial score (nSPS) is 13.2. The summed E-state index contributed by atoms with van der Waals surface area (Å²) in [5.74, 6) is 0. The minimum Gasteiger partial charge on any atom is -0.144 e. The third-order valence-electron chi connectivity index (χ3n) is 3.15. The van der Waals surface area contributed by atoms with E-state index >= 15 is 0 Å². The van der Waals surface area contributed by atoms with Crippen LogP contribution in [0.25, 0.3) is 10.1 Å². The van der Waals surface area contributed by atoms with Crippen LogP contribution in [0.4, 0.5) is 0 Å². The first kappa shape index (κ1) is 13.6. The number of fused-ring (bicyclic) bond motifs is 1. The van der Waals surface area contributed by atoms with Crippen molar-refractivity contribution in [1.29, 1.82) is 0 Å². The van der Waals surface area contributed by atoms with Gasteiger partial charge in [-0.2, -0.15) is 0 Å². The van der Waals surface area contributed by atoms with Gasteiger partial charge in [0.2, 0.25) is 0 Å².